The molecule has 0 amide bonds. The highest BCUT2D eigenvalue weighted by atomic mass is 16.4. The van der Waals surface area contributed by atoms with Crippen LogP contribution in [0.15, 0.2) is 12.2 Å². The van der Waals surface area contributed by atoms with E-state index in [1.807, 2.05) is 13.8 Å². The molecule has 0 fully saturated rings. The van der Waals surface area contributed by atoms with Crippen LogP contribution in [0.25, 0.3) is 0 Å². The molecule has 0 aliphatic carbocycles. The Bertz CT molecular complexity index is 398. The summed E-state index contributed by atoms with van der Waals surface area (Å²) in [6.07, 6.45) is 19.0. The van der Waals surface area contributed by atoms with E-state index in [-0.39, 0.29) is 5.92 Å². The minimum absolute atomic E-state index is 0.0116. The lowest BCUT2D eigenvalue weighted by atomic mass is 9.93. The number of hydrogen-bond donors (Lipinski definition) is 3. The maximum absolute atomic E-state index is 10.3. The molecule has 180 valence electrons. The predicted octanol–water partition coefficient (Wildman–Crippen LogP) is 5.99. The second-order valence-corrected chi connectivity index (χ2v) is 8.88. The number of carbonyl (C=O) groups is 1. The lowest BCUT2D eigenvalue weighted by Crippen LogP contribution is -2.56. The molecule has 0 aromatic rings. The van der Waals surface area contributed by atoms with Gasteiger partial charge in [-0.25, -0.2) is 0 Å². The van der Waals surface area contributed by atoms with Crippen LogP contribution in [-0.4, -0.2) is 52.1 Å². The van der Waals surface area contributed by atoms with Gasteiger partial charge in [0.25, 0.3) is 0 Å². The minimum atomic E-state index is -1.11. The van der Waals surface area contributed by atoms with Crippen LogP contribution in [-0.2, 0) is 4.79 Å². The van der Waals surface area contributed by atoms with Crippen molar-refractivity contribution in [1.82, 2.24) is 4.90 Å². The minimum Gasteiger partial charge on any atom is -0.481 e. The number of aliphatic hydroxyl groups excluding tert-OH is 1. The maximum Gasteiger partial charge on any atom is 0.303 e. The van der Waals surface area contributed by atoms with Gasteiger partial charge in [0.2, 0.25) is 0 Å². The summed E-state index contributed by atoms with van der Waals surface area (Å²) >= 11 is 0. The molecule has 0 spiro atoms. The van der Waals surface area contributed by atoms with Crippen molar-refractivity contribution >= 4 is 5.97 Å². The number of unbranched alkanes of at least 4 members (excludes halogenated alkanes) is 10. The Labute approximate surface area is 186 Å². The van der Waals surface area contributed by atoms with Gasteiger partial charge in [-0.05, 0) is 59.0 Å². The average molecular weight is 430 g/mol. The number of rotatable bonds is 17. The molecular formula is C25H51NO4. The maximum atomic E-state index is 10.3. The van der Waals surface area contributed by atoms with Gasteiger partial charge in [-0.3, -0.25) is 9.69 Å². The van der Waals surface area contributed by atoms with Crippen LogP contribution in [0.1, 0.15) is 111 Å². The fraction of sp³-hybridized carbons (Fsp3) is 0.880. The Morgan fingerprint density at radius 3 is 1.63 bits per heavy atom. The molecule has 0 radical (unpaired) electrons. The van der Waals surface area contributed by atoms with Crippen LogP contribution in [0.5, 0.6) is 0 Å². The molecule has 2 atom stereocenters. The van der Waals surface area contributed by atoms with Crippen molar-refractivity contribution in [1.29, 1.82) is 0 Å². The molecule has 0 heterocycles. The van der Waals surface area contributed by atoms with Crippen LogP contribution >= 0.6 is 0 Å². The van der Waals surface area contributed by atoms with Gasteiger partial charge in [0, 0.05) is 6.42 Å². The molecule has 0 aromatic carbocycles. The Hall–Kier alpha value is -0.910. The lowest BCUT2D eigenvalue weighted by Gasteiger charge is -2.40. The van der Waals surface area contributed by atoms with Crippen LogP contribution < -0.4 is 0 Å². The fourth-order valence-corrected chi connectivity index (χ4v) is 3.54. The summed E-state index contributed by atoms with van der Waals surface area (Å²) in [7, 11) is 3.51. The largest absolute Gasteiger partial charge is 0.481 e. The van der Waals surface area contributed by atoms with Crippen LogP contribution in [0.4, 0.5) is 0 Å². The molecule has 0 aliphatic heterocycles. The van der Waals surface area contributed by atoms with Gasteiger partial charge in [-0.1, -0.05) is 77.9 Å². The summed E-state index contributed by atoms with van der Waals surface area (Å²) < 4.78 is 0. The summed E-state index contributed by atoms with van der Waals surface area (Å²) in [6.45, 7) is 7.61. The zero-order valence-electron chi connectivity index (χ0n) is 20.7. The van der Waals surface area contributed by atoms with E-state index in [1.165, 1.54) is 64.2 Å². The Morgan fingerprint density at radius 2 is 1.30 bits per heavy atom. The first-order chi connectivity index (χ1) is 14.1. The second-order valence-electron chi connectivity index (χ2n) is 8.88. The molecular weight excluding hydrogens is 378 g/mol. The monoisotopic (exact) mass is 429 g/mol. The molecule has 3 N–H and O–H groups in total. The highest BCUT2D eigenvalue weighted by molar-refractivity contribution is 5.66. The topological polar surface area (TPSA) is 81.0 Å². The molecule has 5 nitrogen and oxygen atoms in total. The Balaban J connectivity index is 0. The van der Waals surface area contributed by atoms with Crippen molar-refractivity contribution in [2.45, 2.75) is 123 Å². The molecule has 30 heavy (non-hydrogen) atoms. The van der Waals surface area contributed by atoms with Crippen LogP contribution in [0.2, 0.25) is 0 Å². The lowest BCUT2D eigenvalue weighted by molar-refractivity contribution is -0.183. The van der Waals surface area contributed by atoms with E-state index in [2.05, 4.69) is 19.1 Å². The van der Waals surface area contributed by atoms with E-state index in [9.17, 15) is 15.0 Å². The number of hydrogen-bond acceptors (Lipinski definition) is 4. The number of aliphatic hydroxyl groups is 2. The first-order valence-corrected chi connectivity index (χ1v) is 12.0. The molecule has 0 aliphatic rings. The van der Waals surface area contributed by atoms with Gasteiger partial charge in [-0.15, -0.1) is 0 Å². The highest BCUT2D eigenvalue weighted by Crippen LogP contribution is 2.23. The molecule has 0 rings (SSSR count). The van der Waals surface area contributed by atoms with E-state index in [0.717, 1.165) is 12.8 Å². The van der Waals surface area contributed by atoms with E-state index in [1.54, 1.807) is 25.9 Å². The third-order valence-electron chi connectivity index (χ3n) is 5.58. The molecule has 0 saturated carbocycles. The van der Waals surface area contributed by atoms with E-state index in [4.69, 9.17) is 5.11 Å². The molecule has 5 heteroatoms. The summed E-state index contributed by atoms with van der Waals surface area (Å²) in [4.78, 5) is 11.9. The molecule has 0 bridgehead atoms. The highest BCUT2D eigenvalue weighted by Gasteiger charge is 2.38. The van der Waals surface area contributed by atoms with Gasteiger partial charge in [0.1, 0.15) is 5.72 Å². The van der Waals surface area contributed by atoms with Gasteiger partial charge in [0.15, 0.2) is 0 Å². The second kappa shape index (κ2) is 20.0. The number of carboxylic acid groups (broad SMARTS) is 1. The van der Waals surface area contributed by atoms with Gasteiger partial charge in [-0.2, -0.15) is 0 Å². The van der Waals surface area contributed by atoms with Crippen molar-refractivity contribution in [3.8, 4) is 0 Å². The summed E-state index contributed by atoms with van der Waals surface area (Å²) in [5.41, 5.74) is -1.11. The zero-order chi connectivity index (χ0) is 23.4. The van der Waals surface area contributed by atoms with Crippen LogP contribution in [0.3, 0.4) is 0 Å². The Morgan fingerprint density at radius 1 is 0.867 bits per heavy atom. The normalized spacial score (nSPS) is 14.6. The number of aliphatic carboxylic acids is 1. The standard InChI is InChI=1S/C17H32O2.C8H19NO2/c1-2-3-4-5-6-7-8-9-10-11-12-13-14-15-16-17(18)19;1-6(2)8(11,7(3)10)9(4)5/h8-9H,2-7,10-16H2,1H3,(H,18,19);6-7,10-11H,1-5H3. The van der Waals surface area contributed by atoms with E-state index < -0.39 is 17.8 Å². The van der Waals surface area contributed by atoms with Crippen molar-refractivity contribution in [2.75, 3.05) is 14.1 Å². The summed E-state index contributed by atoms with van der Waals surface area (Å²) in [6, 6.07) is 0. The summed E-state index contributed by atoms with van der Waals surface area (Å²) in [5, 5.41) is 27.7. The quantitative estimate of drug-likeness (QED) is 0.150. The first-order valence-electron chi connectivity index (χ1n) is 12.0. The first kappa shape index (κ1) is 31.3. The predicted molar refractivity (Wildman–Crippen MR) is 128 cm³/mol. The van der Waals surface area contributed by atoms with Crippen molar-refractivity contribution < 1.29 is 20.1 Å². The van der Waals surface area contributed by atoms with Gasteiger partial charge in [0.05, 0.1) is 6.10 Å². The number of likely N-dealkylation sites (N-methyl/N-ethyl adjacent to an activating group) is 1. The van der Waals surface area contributed by atoms with Crippen molar-refractivity contribution in [2.24, 2.45) is 5.92 Å². The van der Waals surface area contributed by atoms with Crippen LogP contribution in [0, 0.1) is 5.92 Å². The van der Waals surface area contributed by atoms with Gasteiger partial charge < -0.3 is 15.3 Å². The number of carboxylic acids is 1. The zero-order valence-corrected chi connectivity index (χ0v) is 20.7. The van der Waals surface area contributed by atoms with Crippen molar-refractivity contribution in [3.05, 3.63) is 12.2 Å². The smallest absolute Gasteiger partial charge is 0.303 e. The summed E-state index contributed by atoms with van der Waals surface area (Å²) in [5.74, 6) is -0.653. The third kappa shape index (κ3) is 16.8. The SMILES string of the molecule is CC(C)C(O)(C(C)O)N(C)C.CCCCCCCC=CCCCCCCCC(=O)O. The fourth-order valence-electron chi connectivity index (χ4n) is 3.54. The number of nitrogens with zero attached hydrogens (tertiary/aromatic N) is 1. The van der Waals surface area contributed by atoms with Crippen molar-refractivity contribution in [3.63, 3.8) is 0 Å². The molecule has 0 saturated heterocycles. The molecule has 0 aromatic heterocycles. The average Bonchev–Trinajstić information content (AvgIpc) is 2.67. The van der Waals surface area contributed by atoms with E-state index in [0.29, 0.717) is 6.42 Å². The Kier molecular flexibility index (Phi) is 20.9. The van der Waals surface area contributed by atoms with Gasteiger partial charge >= 0.3 is 5.97 Å². The number of allylic oxidation sites excluding steroid dienone is 2. The molecule has 2 unspecified atom stereocenters. The third-order valence-corrected chi connectivity index (χ3v) is 5.58. The van der Waals surface area contributed by atoms with E-state index >= 15 is 0 Å².